The van der Waals surface area contributed by atoms with Crippen molar-refractivity contribution in [3.8, 4) is 0 Å². The van der Waals surface area contributed by atoms with Crippen LogP contribution in [0.15, 0.2) is 24.8 Å². The van der Waals surface area contributed by atoms with Crippen LogP contribution >= 0.6 is 0 Å². The molecule has 1 aromatic rings. The molecule has 1 aromatic heterocycles. The molecule has 3 fully saturated rings. The molecule has 0 aliphatic heterocycles. The fourth-order valence-corrected chi connectivity index (χ4v) is 7.64. The minimum atomic E-state index is 0.343. The zero-order chi connectivity index (χ0) is 17.2. The average molecular weight is 340 g/mol. The Kier molecular flexibility index (Phi) is 3.51. The van der Waals surface area contributed by atoms with Crippen molar-refractivity contribution < 1.29 is 0 Å². The quantitative estimate of drug-likeness (QED) is 0.805. The van der Waals surface area contributed by atoms with Crippen molar-refractivity contribution in [3.05, 3.63) is 24.8 Å². The molecular formula is C22H33N3. The molecule has 0 spiro atoms. The second kappa shape index (κ2) is 5.45. The molecule has 25 heavy (non-hydrogen) atoms. The summed E-state index contributed by atoms with van der Waals surface area (Å²) in [5, 5.41) is 0. The molecule has 0 amide bonds. The fourth-order valence-electron chi connectivity index (χ4n) is 7.64. The highest BCUT2D eigenvalue weighted by Gasteiger charge is 2.58. The van der Waals surface area contributed by atoms with E-state index in [0.29, 0.717) is 16.9 Å². The molecule has 4 aliphatic carbocycles. The molecule has 3 nitrogen and oxygen atoms in total. The van der Waals surface area contributed by atoms with Crippen LogP contribution in [0.1, 0.15) is 65.2 Å². The van der Waals surface area contributed by atoms with Crippen molar-refractivity contribution in [1.82, 2.24) is 9.55 Å². The maximum atomic E-state index is 6.33. The van der Waals surface area contributed by atoms with Gasteiger partial charge in [-0.15, -0.1) is 0 Å². The Morgan fingerprint density at radius 3 is 2.80 bits per heavy atom. The summed E-state index contributed by atoms with van der Waals surface area (Å²) in [4.78, 5) is 4.30. The molecule has 136 valence electrons. The Morgan fingerprint density at radius 1 is 1.12 bits per heavy atom. The topological polar surface area (TPSA) is 43.8 Å². The minimum absolute atomic E-state index is 0.343. The number of fused-ring (bicyclic) bond motifs is 5. The Hall–Kier alpha value is -1.09. The van der Waals surface area contributed by atoms with E-state index >= 15 is 0 Å². The summed E-state index contributed by atoms with van der Waals surface area (Å²) in [5.74, 6) is 3.54. The third kappa shape index (κ3) is 2.17. The third-order valence-electron chi connectivity index (χ3n) is 9.03. The average Bonchev–Trinajstić information content (AvgIpc) is 3.22. The predicted molar refractivity (Wildman–Crippen MR) is 102 cm³/mol. The molecule has 0 bridgehead atoms. The van der Waals surface area contributed by atoms with Gasteiger partial charge in [-0.1, -0.05) is 19.9 Å². The van der Waals surface area contributed by atoms with Crippen LogP contribution in [0.4, 0.5) is 0 Å². The van der Waals surface area contributed by atoms with Gasteiger partial charge in [-0.3, -0.25) is 0 Å². The van der Waals surface area contributed by atoms with E-state index < -0.39 is 0 Å². The summed E-state index contributed by atoms with van der Waals surface area (Å²) in [6.45, 7) is 5.17. The number of rotatable bonds is 1. The Balaban J connectivity index is 1.44. The maximum absolute atomic E-state index is 6.33. The van der Waals surface area contributed by atoms with E-state index in [1.165, 1.54) is 57.1 Å². The lowest BCUT2D eigenvalue weighted by Crippen LogP contribution is -2.54. The van der Waals surface area contributed by atoms with Gasteiger partial charge in [0.05, 0.1) is 6.33 Å². The second-order valence-electron chi connectivity index (χ2n) is 9.94. The molecular weight excluding hydrogens is 306 g/mol. The van der Waals surface area contributed by atoms with E-state index in [2.05, 4.69) is 35.7 Å². The van der Waals surface area contributed by atoms with Gasteiger partial charge in [-0.2, -0.15) is 0 Å². The van der Waals surface area contributed by atoms with Crippen molar-refractivity contribution >= 4 is 5.70 Å². The lowest BCUT2D eigenvalue weighted by molar-refractivity contribution is -0.0987. The fraction of sp³-hybridized carbons (Fsp3) is 0.773. The number of nitrogens with zero attached hydrogens (tertiary/aromatic N) is 2. The van der Waals surface area contributed by atoms with Gasteiger partial charge in [0.25, 0.3) is 0 Å². The van der Waals surface area contributed by atoms with Crippen LogP contribution in [0.3, 0.4) is 0 Å². The summed E-state index contributed by atoms with van der Waals surface area (Å²) in [7, 11) is 0. The summed E-state index contributed by atoms with van der Waals surface area (Å²) in [6.07, 6.45) is 19.3. The number of hydrogen-bond acceptors (Lipinski definition) is 2. The maximum Gasteiger partial charge on any atom is 0.0989 e. The van der Waals surface area contributed by atoms with Crippen LogP contribution in [-0.2, 0) is 0 Å². The Morgan fingerprint density at radius 2 is 2.00 bits per heavy atom. The number of aromatic nitrogens is 2. The predicted octanol–water partition coefficient (Wildman–Crippen LogP) is 4.70. The zero-order valence-electron chi connectivity index (χ0n) is 15.8. The molecule has 2 N–H and O–H groups in total. The number of nitrogens with two attached hydrogens (primary N) is 1. The van der Waals surface area contributed by atoms with Crippen molar-refractivity contribution in [2.75, 3.05) is 0 Å². The van der Waals surface area contributed by atoms with Crippen molar-refractivity contribution in [2.45, 2.75) is 71.3 Å². The number of hydrogen-bond donors (Lipinski definition) is 1. The van der Waals surface area contributed by atoms with E-state index in [-0.39, 0.29) is 0 Å². The molecule has 7 atom stereocenters. The lowest BCUT2D eigenvalue weighted by atomic mass is 9.45. The summed E-state index contributed by atoms with van der Waals surface area (Å²) in [6, 6.07) is 0.462. The molecule has 1 unspecified atom stereocenters. The molecule has 4 aliphatic rings. The van der Waals surface area contributed by atoms with Crippen LogP contribution in [0, 0.1) is 34.5 Å². The molecule has 1 heterocycles. The van der Waals surface area contributed by atoms with E-state index in [9.17, 15) is 0 Å². The Bertz CT molecular complexity index is 677. The van der Waals surface area contributed by atoms with Gasteiger partial charge in [0.2, 0.25) is 0 Å². The van der Waals surface area contributed by atoms with E-state index in [4.69, 9.17) is 5.73 Å². The van der Waals surface area contributed by atoms with Gasteiger partial charge in [-0.25, -0.2) is 4.98 Å². The first-order chi connectivity index (χ1) is 12.0. The van der Waals surface area contributed by atoms with Crippen LogP contribution < -0.4 is 5.73 Å². The largest absolute Gasteiger partial charge is 0.328 e. The van der Waals surface area contributed by atoms with Crippen molar-refractivity contribution in [2.24, 2.45) is 40.2 Å². The van der Waals surface area contributed by atoms with E-state index in [0.717, 1.165) is 23.7 Å². The smallest absolute Gasteiger partial charge is 0.0989 e. The SMILES string of the molecule is C[C@]12CC[C@@H](N)CC1CC[C@@H]1[C@@H]2CC[C@]2(C)C(n3ccnc3)=CC[C@@H]12. The number of allylic oxidation sites excluding steroid dienone is 2. The van der Waals surface area contributed by atoms with Gasteiger partial charge in [0.1, 0.15) is 0 Å². The van der Waals surface area contributed by atoms with Gasteiger partial charge >= 0.3 is 0 Å². The normalized spacial score (nSPS) is 49.1. The lowest BCUT2D eigenvalue weighted by Gasteiger charge is -2.60. The highest BCUT2D eigenvalue weighted by Crippen LogP contribution is 2.66. The van der Waals surface area contributed by atoms with Crippen LogP contribution in [-0.4, -0.2) is 15.6 Å². The van der Waals surface area contributed by atoms with Gasteiger partial charge in [-0.05, 0) is 80.5 Å². The van der Waals surface area contributed by atoms with Crippen molar-refractivity contribution in [3.63, 3.8) is 0 Å². The van der Waals surface area contributed by atoms with Crippen LogP contribution in [0.5, 0.6) is 0 Å². The molecule has 3 heteroatoms. The standard InChI is InChI=1S/C22H33N3/c1-21-9-7-16(23)13-15(21)3-4-17-18-5-6-20(25-12-11-24-14-25)22(18,2)10-8-19(17)21/h6,11-12,14-19H,3-5,7-10,13,23H2,1-2H3/t15?,16-,17+,18+,19+,21+,22+/m1/s1. The van der Waals surface area contributed by atoms with Gasteiger partial charge in [0, 0.05) is 29.5 Å². The first kappa shape index (κ1) is 16.1. The van der Waals surface area contributed by atoms with E-state index in [1.807, 2.05) is 12.5 Å². The highest BCUT2D eigenvalue weighted by atomic mass is 15.1. The first-order valence-electron chi connectivity index (χ1n) is 10.5. The summed E-state index contributed by atoms with van der Waals surface area (Å²) >= 11 is 0. The van der Waals surface area contributed by atoms with Crippen LogP contribution in [0.2, 0.25) is 0 Å². The summed E-state index contributed by atoms with van der Waals surface area (Å²) < 4.78 is 2.29. The molecule has 5 rings (SSSR count). The van der Waals surface area contributed by atoms with Crippen molar-refractivity contribution in [1.29, 1.82) is 0 Å². The molecule has 0 aromatic carbocycles. The Labute approximate surface area is 152 Å². The number of imidazole rings is 1. The first-order valence-corrected chi connectivity index (χ1v) is 10.5. The second-order valence-corrected chi connectivity index (χ2v) is 9.94. The highest BCUT2D eigenvalue weighted by molar-refractivity contribution is 5.56. The molecule has 3 saturated carbocycles. The zero-order valence-corrected chi connectivity index (χ0v) is 15.8. The van der Waals surface area contributed by atoms with Gasteiger partial charge < -0.3 is 10.3 Å². The van der Waals surface area contributed by atoms with Gasteiger partial charge in [0.15, 0.2) is 0 Å². The molecule has 0 saturated heterocycles. The van der Waals surface area contributed by atoms with Crippen LogP contribution in [0.25, 0.3) is 5.70 Å². The van der Waals surface area contributed by atoms with E-state index in [1.54, 1.807) is 0 Å². The summed E-state index contributed by atoms with van der Waals surface area (Å²) in [5.41, 5.74) is 8.75. The monoisotopic (exact) mass is 339 g/mol. The minimum Gasteiger partial charge on any atom is -0.328 e. The molecule has 0 radical (unpaired) electrons. The third-order valence-corrected chi connectivity index (χ3v) is 9.03.